The van der Waals surface area contributed by atoms with Gasteiger partial charge in [0.15, 0.2) is 5.50 Å². The molecule has 1 aromatic carbocycles. The maximum atomic E-state index is 5.72. The summed E-state index contributed by atoms with van der Waals surface area (Å²) < 4.78 is 9.79. The average molecular weight is 467 g/mol. The first-order valence-corrected chi connectivity index (χ1v) is 12.2. The Morgan fingerprint density at radius 3 is 2.55 bits per heavy atom. The van der Waals surface area contributed by atoms with E-state index in [1.807, 2.05) is 24.0 Å². The van der Waals surface area contributed by atoms with Crippen molar-refractivity contribution in [2.75, 3.05) is 19.5 Å². The molecular formula is C25H34N6OS. The molecule has 4 rings (SSSR count). The van der Waals surface area contributed by atoms with Crippen molar-refractivity contribution >= 4 is 23.3 Å². The second-order valence-electron chi connectivity index (χ2n) is 9.76. The Morgan fingerprint density at radius 1 is 1.18 bits per heavy atom. The molecule has 1 aliphatic heterocycles. The predicted molar refractivity (Wildman–Crippen MR) is 137 cm³/mol. The Labute approximate surface area is 200 Å². The Balaban J connectivity index is 1.56. The van der Waals surface area contributed by atoms with Crippen LogP contribution in [0.2, 0.25) is 0 Å². The molecule has 7 nitrogen and oxygen atoms in total. The third-order valence-electron chi connectivity index (χ3n) is 5.77. The Kier molecular flexibility index (Phi) is 6.22. The number of hydrogen-bond donors (Lipinski definition) is 1. The summed E-state index contributed by atoms with van der Waals surface area (Å²) in [7, 11) is 3.82. The van der Waals surface area contributed by atoms with Crippen molar-refractivity contribution in [1.82, 2.24) is 24.2 Å². The molecule has 33 heavy (non-hydrogen) atoms. The van der Waals surface area contributed by atoms with Gasteiger partial charge in [-0.25, -0.2) is 9.67 Å². The van der Waals surface area contributed by atoms with Gasteiger partial charge in [-0.3, -0.25) is 0 Å². The molecule has 0 amide bonds. The zero-order valence-corrected chi connectivity index (χ0v) is 21.6. The molecule has 0 bridgehead atoms. The molecule has 1 aliphatic rings. The number of ether oxygens (including phenoxy) is 1. The standard InChI is InChI=1S/C25H34N6OS/c1-16(2)31-23(12-22(28-31)25(4,5)6)27-24-29(7)20(14-33-24)18-9-10-19(21(11-18)32-8)30-13-17(3)26-15-30/h9-16,24,27H,1-8H3. The van der Waals surface area contributed by atoms with Gasteiger partial charge in [-0.1, -0.05) is 38.6 Å². The summed E-state index contributed by atoms with van der Waals surface area (Å²) in [6.45, 7) is 12.9. The van der Waals surface area contributed by atoms with Crippen LogP contribution >= 0.6 is 11.8 Å². The lowest BCUT2D eigenvalue weighted by molar-refractivity contribution is 0.412. The quantitative estimate of drug-likeness (QED) is 0.508. The van der Waals surface area contributed by atoms with Crippen LogP contribution in [0.15, 0.2) is 42.2 Å². The van der Waals surface area contributed by atoms with Crippen molar-refractivity contribution in [2.45, 2.75) is 58.5 Å². The van der Waals surface area contributed by atoms with Gasteiger partial charge in [-0.05, 0) is 38.3 Å². The number of hydrogen-bond acceptors (Lipinski definition) is 6. The van der Waals surface area contributed by atoms with Crippen molar-refractivity contribution in [3.8, 4) is 11.4 Å². The molecule has 0 radical (unpaired) electrons. The fourth-order valence-electron chi connectivity index (χ4n) is 3.82. The highest BCUT2D eigenvalue weighted by Crippen LogP contribution is 2.38. The van der Waals surface area contributed by atoms with E-state index in [2.05, 4.69) is 91.2 Å². The summed E-state index contributed by atoms with van der Waals surface area (Å²) in [5, 5.41) is 10.8. The van der Waals surface area contributed by atoms with Crippen LogP contribution in [0.1, 0.15) is 57.6 Å². The number of benzene rings is 1. The summed E-state index contributed by atoms with van der Waals surface area (Å²) >= 11 is 1.76. The normalized spacial score (nSPS) is 16.5. The minimum atomic E-state index is 0.000773. The first kappa shape index (κ1) is 23.3. The number of nitrogens with one attached hydrogen (secondary N) is 1. The monoisotopic (exact) mass is 466 g/mol. The summed E-state index contributed by atoms with van der Waals surface area (Å²) in [5.41, 5.74) is 5.37. The second kappa shape index (κ2) is 8.82. The summed E-state index contributed by atoms with van der Waals surface area (Å²) in [4.78, 5) is 6.59. The first-order chi connectivity index (χ1) is 15.6. The molecule has 0 fully saturated rings. The summed E-state index contributed by atoms with van der Waals surface area (Å²) in [6.07, 6.45) is 3.81. The van der Waals surface area contributed by atoms with Gasteiger partial charge < -0.3 is 19.5 Å². The molecule has 176 valence electrons. The van der Waals surface area contributed by atoms with Gasteiger partial charge in [0.05, 0.1) is 36.2 Å². The van der Waals surface area contributed by atoms with Crippen molar-refractivity contribution in [3.05, 3.63) is 59.1 Å². The first-order valence-electron chi connectivity index (χ1n) is 11.2. The van der Waals surface area contributed by atoms with Gasteiger partial charge in [0.25, 0.3) is 0 Å². The van der Waals surface area contributed by atoms with Crippen molar-refractivity contribution in [1.29, 1.82) is 0 Å². The fourth-order valence-corrected chi connectivity index (χ4v) is 4.87. The second-order valence-corrected chi connectivity index (χ2v) is 10.7. The van der Waals surface area contributed by atoms with E-state index in [1.165, 1.54) is 0 Å². The molecule has 1 N–H and O–H groups in total. The lowest BCUT2D eigenvalue weighted by atomic mass is 9.92. The third kappa shape index (κ3) is 4.62. The van der Waals surface area contributed by atoms with E-state index >= 15 is 0 Å². The Hall–Kier alpha value is -2.87. The number of thioether (sulfide) groups is 1. The third-order valence-corrected chi connectivity index (χ3v) is 6.82. The van der Waals surface area contributed by atoms with E-state index in [4.69, 9.17) is 9.84 Å². The van der Waals surface area contributed by atoms with E-state index in [9.17, 15) is 0 Å². The molecule has 1 atom stereocenters. The average Bonchev–Trinajstić information content (AvgIpc) is 3.47. The van der Waals surface area contributed by atoms with Gasteiger partial charge in [0.1, 0.15) is 11.6 Å². The van der Waals surface area contributed by atoms with Gasteiger partial charge in [-0.15, -0.1) is 0 Å². The molecular weight excluding hydrogens is 432 g/mol. The molecule has 8 heteroatoms. The van der Waals surface area contributed by atoms with Crippen LogP contribution in [0.5, 0.6) is 5.75 Å². The minimum Gasteiger partial charge on any atom is -0.495 e. The maximum Gasteiger partial charge on any atom is 0.153 e. The number of imidazole rings is 1. The van der Waals surface area contributed by atoms with Crippen LogP contribution in [0.3, 0.4) is 0 Å². The number of nitrogens with zero attached hydrogens (tertiary/aromatic N) is 5. The highest BCUT2D eigenvalue weighted by molar-refractivity contribution is 8.03. The molecule has 0 aliphatic carbocycles. The smallest absolute Gasteiger partial charge is 0.153 e. The number of anilines is 1. The van der Waals surface area contributed by atoms with Crippen molar-refractivity contribution in [2.24, 2.45) is 0 Å². The van der Waals surface area contributed by atoms with Crippen LogP contribution < -0.4 is 10.1 Å². The Bertz CT molecular complexity index is 1170. The topological polar surface area (TPSA) is 60.1 Å². The maximum absolute atomic E-state index is 5.72. The number of aromatic nitrogens is 4. The SMILES string of the molecule is COc1cc(C2=CSC(Nc3cc(C(C)(C)C)nn3C(C)C)N2C)ccc1-n1cnc(C)c1. The van der Waals surface area contributed by atoms with Crippen LogP contribution in [0.4, 0.5) is 5.82 Å². The van der Waals surface area contributed by atoms with Gasteiger partial charge in [-0.2, -0.15) is 5.10 Å². The summed E-state index contributed by atoms with van der Waals surface area (Å²) in [6, 6.07) is 8.76. The minimum absolute atomic E-state index is 0.000773. The number of rotatable bonds is 6. The van der Waals surface area contributed by atoms with Crippen LogP contribution in [0.25, 0.3) is 11.4 Å². The predicted octanol–water partition coefficient (Wildman–Crippen LogP) is 5.64. The molecule has 3 aromatic rings. The number of aryl methyl sites for hydroxylation is 1. The lowest BCUT2D eigenvalue weighted by Gasteiger charge is -2.27. The van der Waals surface area contributed by atoms with Crippen LogP contribution in [-0.2, 0) is 5.41 Å². The molecule has 3 heterocycles. The van der Waals surface area contributed by atoms with Gasteiger partial charge in [0, 0.05) is 36.3 Å². The van der Waals surface area contributed by atoms with Gasteiger partial charge in [0.2, 0.25) is 0 Å². The molecule has 0 saturated carbocycles. The Morgan fingerprint density at radius 2 is 1.94 bits per heavy atom. The van der Waals surface area contributed by atoms with E-state index in [1.54, 1.807) is 18.9 Å². The molecule has 0 spiro atoms. The molecule has 0 saturated heterocycles. The van der Waals surface area contributed by atoms with Gasteiger partial charge >= 0.3 is 0 Å². The van der Waals surface area contributed by atoms with E-state index in [0.717, 1.165) is 39.9 Å². The molecule has 2 aromatic heterocycles. The zero-order chi connectivity index (χ0) is 23.9. The van der Waals surface area contributed by atoms with E-state index in [0.29, 0.717) is 0 Å². The highest BCUT2D eigenvalue weighted by Gasteiger charge is 2.28. The highest BCUT2D eigenvalue weighted by atomic mass is 32.2. The molecule has 1 unspecified atom stereocenters. The van der Waals surface area contributed by atoms with Crippen molar-refractivity contribution in [3.63, 3.8) is 0 Å². The van der Waals surface area contributed by atoms with Crippen molar-refractivity contribution < 1.29 is 4.74 Å². The zero-order valence-electron chi connectivity index (χ0n) is 20.7. The number of methoxy groups -OCH3 is 1. The fraction of sp³-hybridized carbons (Fsp3) is 0.440. The summed E-state index contributed by atoms with van der Waals surface area (Å²) in [5.74, 6) is 1.85. The largest absolute Gasteiger partial charge is 0.495 e. The van der Waals surface area contributed by atoms with E-state index < -0.39 is 0 Å². The van der Waals surface area contributed by atoms with Crippen LogP contribution in [-0.4, -0.2) is 43.9 Å². The van der Waals surface area contributed by atoms with Crippen LogP contribution in [0, 0.1) is 6.92 Å². The lowest BCUT2D eigenvalue weighted by Crippen LogP contribution is -2.31. The van der Waals surface area contributed by atoms with E-state index in [-0.39, 0.29) is 17.0 Å².